The molecule has 3 nitrogen and oxygen atoms in total. The molecule has 0 unspecified atom stereocenters. The van der Waals surface area contributed by atoms with Gasteiger partial charge in [0.15, 0.2) is 0 Å². The van der Waals surface area contributed by atoms with Crippen molar-refractivity contribution < 1.29 is 41.2 Å². The molecule has 0 heterocycles. The number of aryl methyl sites for hydroxylation is 3. The predicted molar refractivity (Wildman–Crippen MR) is 211 cm³/mol. The third-order valence-electron chi connectivity index (χ3n) is 8.61. The Morgan fingerprint density at radius 1 is 0.286 bits per heavy atom. The molecule has 0 fully saturated rings. The van der Waals surface area contributed by atoms with Crippen molar-refractivity contribution >= 4 is 0 Å². The second kappa shape index (κ2) is 16.1. The van der Waals surface area contributed by atoms with E-state index in [-0.39, 0.29) is 58.3 Å². The van der Waals surface area contributed by atoms with E-state index in [4.69, 9.17) is 0 Å². The molecule has 0 aliphatic carbocycles. The summed E-state index contributed by atoms with van der Waals surface area (Å²) in [5.74, 6) is 1.39. The van der Waals surface area contributed by atoms with Crippen LogP contribution in [0.15, 0.2) is 36.4 Å². The molecule has 0 atom stereocenters. The van der Waals surface area contributed by atoms with Gasteiger partial charge in [-0.1, -0.05) is 178 Å². The van der Waals surface area contributed by atoms with Crippen LogP contribution in [0, 0.1) is 20.8 Å². The number of aromatic hydroxyl groups is 3. The number of rotatable bonds is 0. The molecule has 0 aliphatic heterocycles. The van der Waals surface area contributed by atoms with Crippen LogP contribution >= 0.6 is 0 Å². The van der Waals surface area contributed by atoms with E-state index in [0.29, 0.717) is 17.2 Å². The first-order valence-electron chi connectivity index (χ1n) is 17.6. The van der Waals surface area contributed by atoms with E-state index in [1.54, 1.807) is 0 Å². The Morgan fingerprint density at radius 3 is 0.469 bits per heavy atom. The van der Waals surface area contributed by atoms with E-state index in [9.17, 15) is 15.3 Å². The van der Waals surface area contributed by atoms with Crippen LogP contribution in [0.3, 0.4) is 0 Å². The van der Waals surface area contributed by atoms with Crippen molar-refractivity contribution in [1.29, 1.82) is 0 Å². The first kappa shape index (κ1) is 46.9. The molecule has 0 aliphatic rings. The first-order valence-corrected chi connectivity index (χ1v) is 17.6. The summed E-state index contributed by atoms with van der Waals surface area (Å²) < 4.78 is 0. The van der Waals surface area contributed by atoms with Crippen LogP contribution in [0.25, 0.3) is 0 Å². The predicted octanol–water partition coefficient (Wildman–Crippen LogP) is 12.9. The second-order valence-corrected chi connectivity index (χ2v) is 20.1. The molecule has 3 N–H and O–H groups in total. The smallest absolute Gasteiger partial charge is 0.123 e. The molecule has 4 heteroatoms. The maximum atomic E-state index is 10.4. The van der Waals surface area contributed by atoms with Gasteiger partial charge in [-0.3, -0.25) is 0 Å². The summed E-state index contributed by atoms with van der Waals surface area (Å²) in [6.07, 6.45) is 0. The van der Waals surface area contributed by atoms with Crippen LogP contribution in [-0.2, 0) is 58.3 Å². The maximum absolute atomic E-state index is 10.4. The van der Waals surface area contributed by atoms with Crippen LogP contribution in [0.4, 0.5) is 0 Å². The first-order chi connectivity index (χ1) is 21.1. The van der Waals surface area contributed by atoms with E-state index in [2.05, 4.69) is 182 Å². The van der Waals surface area contributed by atoms with Crippen LogP contribution in [-0.4, -0.2) is 15.3 Å². The van der Waals surface area contributed by atoms with E-state index < -0.39 is 0 Å². The minimum Gasteiger partial charge on any atom is -0.507 e. The van der Waals surface area contributed by atoms with E-state index in [1.165, 1.54) is 16.7 Å². The van der Waals surface area contributed by atoms with Gasteiger partial charge in [0.25, 0.3) is 0 Å². The van der Waals surface area contributed by atoms with Crippen LogP contribution in [0.2, 0.25) is 0 Å². The SMILES string of the molecule is Cc1cc(C(C)(C)C)c(O)c(C(C)(C)C)c1.Cc1cc(C(C)(C)C)c(O)c(C(C)(C)C)c1.Cc1cc(C(C)(C)C)c(O)c(C(C)(C)C)c1.[Sc]. The normalized spacial score (nSPS) is 12.7. The molecular formula is C45H72O3Sc. The Kier molecular flexibility index (Phi) is 15.4. The summed E-state index contributed by atoms with van der Waals surface area (Å²) in [6, 6.07) is 12.5. The van der Waals surface area contributed by atoms with Gasteiger partial charge in [0.2, 0.25) is 0 Å². The molecular weight excluding hydrogens is 633 g/mol. The van der Waals surface area contributed by atoms with Crippen molar-refractivity contribution in [3.63, 3.8) is 0 Å². The molecule has 0 spiro atoms. The topological polar surface area (TPSA) is 60.7 Å². The quantitative estimate of drug-likeness (QED) is 0.218. The number of phenolic OH excluding ortho intramolecular Hbond substituents is 3. The number of hydrogen-bond acceptors (Lipinski definition) is 3. The van der Waals surface area contributed by atoms with Crippen molar-refractivity contribution in [3.8, 4) is 17.2 Å². The van der Waals surface area contributed by atoms with Crippen LogP contribution in [0.5, 0.6) is 17.2 Å². The minimum atomic E-state index is -0.0178. The molecule has 0 aromatic heterocycles. The number of phenols is 3. The van der Waals surface area contributed by atoms with Gasteiger partial charge in [0.1, 0.15) is 17.2 Å². The van der Waals surface area contributed by atoms with Gasteiger partial charge in [0, 0.05) is 25.8 Å². The van der Waals surface area contributed by atoms with Crippen molar-refractivity contribution in [2.24, 2.45) is 0 Å². The van der Waals surface area contributed by atoms with E-state index >= 15 is 0 Å². The van der Waals surface area contributed by atoms with Gasteiger partial charge in [0.05, 0.1) is 0 Å². The molecule has 0 bridgehead atoms. The molecule has 0 saturated heterocycles. The zero-order valence-electron chi connectivity index (χ0n) is 35.4. The van der Waals surface area contributed by atoms with Gasteiger partial charge in [-0.2, -0.15) is 0 Å². The fraction of sp³-hybridized carbons (Fsp3) is 0.600. The molecule has 0 saturated carbocycles. The van der Waals surface area contributed by atoms with Gasteiger partial charge >= 0.3 is 0 Å². The minimum absolute atomic E-state index is 0. The van der Waals surface area contributed by atoms with E-state index in [1.807, 2.05) is 0 Å². The summed E-state index contributed by atoms with van der Waals surface area (Å²) in [4.78, 5) is 0. The summed E-state index contributed by atoms with van der Waals surface area (Å²) in [7, 11) is 0. The summed E-state index contributed by atoms with van der Waals surface area (Å²) in [5, 5.41) is 31.2. The molecule has 49 heavy (non-hydrogen) atoms. The monoisotopic (exact) mass is 706 g/mol. The second-order valence-electron chi connectivity index (χ2n) is 20.1. The van der Waals surface area contributed by atoms with Crippen LogP contribution < -0.4 is 0 Å². The molecule has 3 aromatic rings. The fourth-order valence-corrected chi connectivity index (χ4v) is 5.77. The average molecular weight is 706 g/mol. The largest absolute Gasteiger partial charge is 0.507 e. The Balaban J connectivity index is 0.000000698. The molecule has 3 aromatic carbocycles. The standard InChI is InChI=1S/3C15H24O.Sc/c3*1-10-8-11(14(2,3)4)13(16)12(9-10)15(5,6)7;/h3*8-9,16H,1-7H3;. The summed E-state index contributed by atoms with van der Waals surface area (Å²) >= 11 is 0. The van der Waals surface area contributed by atoms with Crippen molar-refractivity contribution in [2.45, 2.75) is 178 Å². The molecule has 0 amide bonds. The fourth-order valence-electron chi connectivity index (χ4n) is 5.77. The third-order valence-corrected chi connectivity index (χ3v) is 8.61. The van der Waals surface area contributed by atoms with Gasteiger partial charge in [-0.05, 0) is 86.6 Å². The van der Waals surface area contributed by atoms with E-state index in [0.717, 1.165) is 33.4 Å². The maximum Gasteiger partial charge on any atom is 0.123 e. The number of benzene rings is 3. The molecule has 3 rings (SSSR count). The summed E-state index contributed by atoms with van der Waals surface area (Å²) in [6.45, 7) is 44.7. The third kappa shape index (κ3) is 13.2. The van der Waals surface area contributed by atoms with Crippen molar-refractivity contribution in [1.82, 2.24) is 0 Å². The Bertz CT molecular complexity index is 1260. The van der Waals surface area contributed by atoms with Gasteiger partial charge < -0.3 is 15.3 Å². The Hall–Kier alpha value is -2.07. The molecule has 1 radical (unpaired) electrons. The summed E-state index contributed by atoms with van der Waals surface area (Å²) in [5.41, 5.74) is 9.78. The Morgan fingerprint density at radius 2 is 0.388 bits per heavy atom. The van der Waals surface area contributed by atoms with Crippen molar-refractivity contribution in [2.75, 3.05) is 0 Å². The average Bonchev–Trinajstić information content (AvgIpc) is 2.84. The van der Waals surface area contributed by atoms with Crippen molar-refractivity contribution in [3.05, 3.63) is 86.5 Å². The van der Waals surface area contributed by atoms with Gasteiger partial charge in [-0.15, -0.1) is 0 Å². The zero-order chi connectivity index (χ0) is 38.2. The molecule has 273 valence electrons. The zero-order valence-corrected chi connectivity index (χ0v) is 37.2. The van der Waals surface area contributed by atoms with Gasteiger partial charge in [-0.25, -0.2) is 0 Å². The Labute approximate surface area is 321 Å². The van der Waals surface area contributed by atoms with Crippen LogP contribution in [0.1, 0.15) is 175 Å². The number of hydrogen-bond donors (Lipinski definition) is 3.